The second-order valence-corrected chi connectivity index (χ2v) is 11.8. The van der Waals surface area contributed by atoms with Gasteiger partial charge in [-0.05, 0) is 48.5 Å². The fourth-order valence-electron chi connectivity index (χ4n) is 5.29. The number of amides is 1. The molecule has 1 heterocycles. The Labute approximate surface area is 315 Å². The Morgan fingerprint density at radius 1 is 0.564 bits per heavy atom. The largest absolute Gasteiger partial charge is 0.480 e. The molecule has 55 heavy (non-hydrogen) atoms. The van der Waals surface area contributed by atoms with E-state index in [1.165, 1.54) is 48.5 Å². The van der Waals surface area contributed by atoms with E-state index in [4.69, 9.17) is 38.3 Å². The molecule has 286 valence electrons. The number of carboxylic acids is 1. The number of carboxylic acid groups (broad SMARTS) is 1. The van der Waals surface area contributed by atoms with Crippen molar-refractivity contribution in [3.8, 4) is 0 Å². The van der Waals surface area contributed by atoms with Crippen LogP contribution in [0.1, 0.15) is 41.4 Å². The SMILES string of the molecule is O=C(O)COCCNC(=O)CO[C@H]1OC(COC(=O)c2ccccc2)[C@@H](OC(=O)c2ccccc2)[C@H](OC(=O)c2ccccc2)C1OC(=O)c1ccccc1. The van der Waals surface area contributed by atoms with Gasteiger partial charge in [-0.3, -0.25) is 4.79 Å². The second kappa shape index (κ2) is 20.1. The number of rotatable bonds is 17. The number of ether oxygens (including phenoxy) is 7. The lowest BCUT2D eigenvalue weighted by Crippen LogP contribution is -2.63. The molecule has 0 aromatic heterocycles. The van der Waals surface area contributed by atoms with E-state index >= 15 is 0 Å². The van der Waals surface area contributed by atoms with Gasteiger partial charge in [-0.1, -0.05) is 72.8 Å². The molecule has 15 heteroatoms. The quantitative estimate of drug-likeness (QED) is 0.0902. The molecule has 4 aromatic rings. The van der Waals surface area contributed by atoms with Crippen LogP contribution < -0.4 is 5.32 Å². The molecule has 0 spiro atoms. The molecule has 5 rings (SSSR count). The zero-order chi connectivity index (χ0) is 39.0. The third kappa shape index (κ3) is 11.8. The average molecular weight is 756 g/mol. The molecule has 2 unspecified atom stereocenters. The summed E-state index contributed by atoms with van der Waals surface area (Å²) in [5, 5.41) is 11.3. The molecule has 1 saturated heterocycles. The summed E-state index contributed by atoms with van der Waals surface area (Å²) in [6.07, 6.45) is -8.03. The topological polar surface area (TPSA) is 199 Å². The van der Waals surface area contributed by atoms with Crippen molar-refractivity contribution >= 4 is 35.8 Å². The first-order valence-corrected chi connectivity index (χ1v) is 17.0. The van der Waals surface area contributed by atoms with Gasteiger partial charge in [0.1, 0.15) is 25.9 Å². The summed E-state index contributed by atoms with van der Waals surface area (Å²) in [6.45, 7) is -2.03. The number of aliphatic carboxylic acids is 1. The number of nitrogens with one attached hydrogen (secondary N) is 1. The lowest BCUT2D eigenvalue weighted by molar-refractivity contribution is -0.296. The number of hydrogen-bond acceptors (Lipinski definition) is 13. The van der Waals surface area contributed by atoms with E-state index in [0.717, 1.165) is 0 Å². The van der Waals surface area contributed by atoms with Crippen LogP contribution in [0.2, 0.25) is 0 Å². The van der Waals surface area contributed by atoms with Crippen LogP contribution in [0.15, 0.2) is 121 Å². The molecule has 0 saturated carbocycles. The summed E-state index contributed by atoms with van der Waals surface area (Å²) in [7, 11) is 0. The van der Waals surface area contributed by atoms with Crippen molar-refractivity contribution in [2.45, 2.75) is 30.7 Å². The minimum atomic E-state index is -1.68. The van der Waals surface area contributed by atoms with Gasteiger partial charge in [0.15, 0.2) is 24.6 Å². The molecule has 1 aliphatic rings. The summed E-state index contributed by atoms with van der Waals surface area (Å²) in [5.74, 6) is -5.30. The Balaban J connectivity index is 1.49. The van der Waals surface area contributed by atoms with Crippen LogP contribution in [-0.4, -0.2) is 105 Å². The third-order valence-electron chi connectivity index (χ3n) is 7.91. The van der Waals surface area contributed by atoms with Crippen LogP contribution in [0, 0.1) is 0 Å². The summed E-state index contributed by atoms with van der Waals surface area (Å²) in [6, 6.07) is 31.6. The molecular formula is C40H37NO14. The van der Waals surface area contributed by atoms with Crippen LogP contribution in [0.3, 0.4) is 0 Å². The fraction of sp³-hybridized carbons (Fsp3) is 0.250. The number of esters is 4. The van der Waals surface area contributed by atoms with Crippen LogP contribution in [0.25, 0.3) is 0 Å². The van der Waals surface area contributed by atoms with Crippen LogP contribution in [0.5, 0.6) is 0 Å². The maximum absolute atomic E-state index is 13.7. The van der Waals surface area contributed by atoms with Gasteiger partial charge in [-0.2, -0.15) is 0 Å². The van der Waals surface area contributed by atoms with E-state index in [-0.39, 0.29) is 35.4 Å². The Bertz CT molecular complexity index is 1890. The van der Waals surface area contributed by atoms with Crippen LogP contribution in [-0.2, 0) is 42.7 Å². The maximum Gasteiger partial charge on any atom is 0.338 e. The molecule has 15 nitrogen and oxygen atoms in total. The first-order valence-electron chi connectivity index (χ1n) is 17.0. The predicted molar refractivity (Wildman–Crippen MR) is 190 cm³/mol. The maximum atomic E-state index is 13.7. The van der Waals surface area contributed by atoms with Gasteiger partial charge >= 0.3 is 29.8 Å². The van der Waals surface area contributed by atoms with E-state index in [1.54, 1.807) is 72.8 Å². The molecule has 5 atom stereocenters. The highest BCUT2D eigenvalue weighted by Gasteiger charge is 2.54. The number of benzene rings is 4. The normalized spacial score (nSPS) is 18.9. The summed E-state index contributed by atoms with van der Waals surface area (Å²) < 4.78 is 40.4. The van der Waals surface area contributed by atoms with E-state index in [2.05, 4.69) is 5.32 Å². The fourth-order valence-corrected chi connectivity index (χ4v) is 5.29. The molecular weight excluding hydrogens is 718 g/mol. The number of hydrogen-bond donors (Lipinski definition) is 2. The Morgan fingerprint density at radius 3 is 1.47 bits per heavy atom. The molecule has 1 fully saturated rings. The molecule has 1 aliphatic heterocycles. The van der Waals surface area contributed by atoms with Crippen molar-refractivity contribution in [1.82, 2.24) is 5.32 Å². The molecule has 2 N–H and O–H groups in total. The van der Waals surface area contributed by atoms with Crippen molar-refractivity contribution in [3.63, 3.8) is 0 Å². The summed E-state index contributed by atoms with van der Waals surface area (Å²) in [4.78, 5) is 77.4. The first-order chi connectivity index (χ1) is 26.7. The molecule has 0 radical (unpaired) electrons. The van der Waals surface area contributed by atoms with Gasteiger partial charge < -0.3 is 43.6 Å². The van der Waals surface area contributed by atoms with E-state index in [0.29, 0.717) is 0 Å². The average Bonchev–Trinajstić information content (AvgIpc) is 3.21. The Kier molecular flexibility index (Phi) is 14.6. The van der Waals surface area contributed by atoms with Gasteiger partial charge in [0.05, 0.1) is 28.9 Å². The van der Waals surface area contributed by atoms with E-state index < -0.39 is 86.3 Å². The van der Waals surface area contributed by atoms with Crippen LogP contribution in [0.4, 0.5) is 0 Å². The van der Waals surface area contributed by atoms with Gasteiger partial charge in [0.2, 0.25) is 5.91 Å². The monoisotopic (exact) mass is 755 g/mol. The lowest BCUT2D eigenvalue weighted by atomic mass is 9.97. The minimum Gasteiger partial charge on any atom is -0.480 e. The highest BCUT2D eigenvalue weighted by atomic mass is 16.7. The zero-order valence-corrected chi connectivity index (χ0v) is 29.2. The molecule has 4 aromatic carbocycles. The molecule has 0 bridgehead atoms. The predicted octanol–water partition coefficient (Wildman–Crippen LogP) is 3.48. The Hall–Kier alpha value is -6.42. The van der Waals surface area contributed by atoms with Crippen molar-refractivity contribution in [2.24, 2.45) is 0 Å². The number of carbonyl (C=O) groups is 6. The summed E-state index contributed by atoms with van der Waals surface area (Å²) >= 11 is 0. The van der Waals surface area contributed by atoms with Gasteiger partial charge in [0, 0.05) is 6.54 Å². The zero-order valence-electron chi connectivity index (χ0n) is 29.2. The van der Waals surface area contributed by atoms with Crippen molar-refractivity contribution < 1.29 is 67.0 Å². The summed E-state index contributed by atoms with van der Waals surface area (Å²) in [5.41, 5.74) is 0.528. The standard InChI is InChI=1S/C40H37NO14/c42-31(41-21-22-49-25-32(43)44)24-51-40-35(55-39(48)29-19-11-4-12-20-29)34(54-38(47)28-17-9-3-10-18-28)33(53-37(46)27-15-7-2-8-16-27)30(52-40)23-50-36(45)26-13-5-1-6-14-26/h1-20,30,33-35,40H,21-25H2,(H,41,42)(H,43,44)/t30?,33-,34+,35?,40+/m1/s1. The van der Waals surface area contributed by atoms with Crippen molar-refractivity contribution in [2.75, 3.05) is 33.0 Å². The first kappa shape index (κ1) is 39.8. The third-order valence-corrected chi connectivity index (χ3v) is 7.91. The minimum absolute atomic E-state index is 0.0691. The molecule has 1 amide bonds. The highest BCUT2D eigenvalue weighted by molar-refractivity contribution is 5.91. The van der Waals surface area contributed by atoms with Gasteiger partial charge in [-0.25, -0.2) is 24.0 Å². The second-order valence-electron chi connectivity index (χ2n) is 11.8. The lowest BCUT2D eigenvalue weighted by Gasteiger charge is -2.44. The van der Waals surface area contributed by atoms with Gasteiger partial charge in [-0.15, -0.1) is 0 Å². The number of carbonyl (C=O) groups excluding carboxylic acids is 5. The van der Waals surface area contributed by atoms with Crippen molar-refractivity contribution in [1.29, 1.82) is 0 Å². The molecule has 0 aliphatic carbocycles. The Morgan fingerprint density at radius 2 is 1.00 bits per heavy atom. The smallest absolute Gasteiger partial charge is 0.338 e. The highest BCUT2D eigenvalue weighted by Crippen LogP contribution is 2.32. The van der Waals surface area contributed by atoms with Crippen LogP contribution >= 0.6 is 0 Å². The van der Waals surface area contributed by atoms with E-state index in [9.17, 15) is 28.8 Å². The van der Waals surface area contributed by atoms with Crippen molar-refractivity contribution in [3.05, 3.63) is 144 Å². The van der Waals surface area contributed by atoms with E-state index in [1.807, 2.05) is 0 Å². The van der Waals surface area contributed by atoms with Gasteiger partial charge in [0.25, 0.3) is 0 Å².